The summed E-state index contributed by atoms with van der Waals surface area (Å²) < 4.78 is 15.5. The molecule has 0 spiro atoms. The number of nitrogens with zero attached hydrogens (tertiary/aromatic N) is 1. The largest absolute Gasteiger partial charge is 0.493 e. The zero-order valence-corrected chi connectivity index (χ0v) is 9.25. The van der Waals surface area contributed by atoms with Gasteiger partial charge in [0.2, 0.25) is 5.75 Å². The van der Waals surface area contributed by atoms with E-state index in [-0.39, 0.29) is 0 Å². The molecule has 0 N–H and O–H groups in total. The highest BCUT2D eigenvalue weighted by molar-refractivity contribution is 5.62. The molecule has 15 heavy (non-hydrogen) atoms. The van der Waals surface area contributed by atoms with Gasteiger partial charge < -0.3 is 14.2 Å². The molecule has 80 valence electrons. The van der Waals surface area contributed by atoms with E-state index in [1.807, 2.05) is 6.92 Å². The molecule has 0 unspecified atom stereocenters. The van der Waals surface area contributed by atoms with Crippen molar-refractivity contribution in [3.05, 3.63) is 17.2 Å². The molecule has 4 heteroatoms. The van der Waals surface area contributed by atoms with E-state index in [0.717, 1.165) is 5.56 Å². The second-order valence-electron chi connectivity index (χ2n) is 2.95. The molecule has 0 fully saturated rings. The number of benzene rings is 1. The SMILES string of the molecule is COc1cc(C)c(C#N)c(OC)c1OC. The van der Waals surface area contributed by atoms with Crippen LogP contribution in [0.5, 0.6) is 17.2 Å². The smallest absolute Gasteiger partial charge is 0.204 e. The molecule has 1 rings (SSSR count). The number of aryl methyl sites for hydroxylation is 1. The van der Waals surface area contributed by atoms with Crippen LogP contribution < -0.4 is 14.2 Å². The lowest BCUT2D eigenvalue weighted by Gasteiger charge is -2.14. The molecule has 0 saturated carbocycles. The summed E-state index contributed by atoms with van der Waals surface area (Å²) in [4.78, 5) is 0. The Kier molecular flexibility index (Phi) is 3.40. The van der Waals surface area contributed by atoms with Crippen LogP contribution >= 0.6 is 0 Å². The first-order valence-electron chi connectivity index (χ1n) is 4.39. The second kappa shape index (κ2) is 4.56. The Morgan fingerprint density at radius 2 is 1.67 bits per heavy atom. The maximum absolute atomic E-state index is 8.99. The molecule has 4 nitrogen and oxygen atoms in total. The van der Waals surface area contributed by atoms with Gasteiger partial charge in [0.25, 0.3) is 0 Å². The molecule has 0 heterocycles. The van der Waals surface area contributed by atoms with E-state index < -0.39 is 0 Å². The van der Waals surface area contributed by atoms with Crippen molar-refractivity contribution in [1.82, 2.24) is 0 Å². The molecule has 0 saturated heterocycles. The molecule has 0 aliphatic rings. The highest BCUT2D eigenvalue weighted by Crippen LogP contribution is 2.41. The summed E-state index contributed by atoms with van der Waals surface area (Å²) in [5.41, 5.74) is 1.27. The van der Waals surface area contributed by atoms with Crippen LogP contribution in [-0.2, 0) is 0 Å². The van der Waals surface area contributed by atoms with Crippen LogP contribution in [0.1, 0.15) is 11.1 Å². The Hall–Kier alpha value is -1.89. The average molecular weight is 207 g/mol. The predicted octanol–water partition coefficient (Wildman–Crippen LogP) is 1.89. The minimum atomic E-state index is 0.414. The fraction of sp³-hybridized carbons (Fsp3) is 0.364. The first-order valence-corrected chi connectivity index (χ1v) is 4.39. The normalized spacial score (nSPS) is 9.27. The predicted molar refractivity (Wildman–Crippen MR) is 55.6 cm³/mol. The van der Waals surface area contributed by atoms with Gasteiger partial charge in [-0.2, -0.15) is 5.26 Å². The summed E-state index contributed by atoms with van der Waals surface area (Å²) in [6, 6.07) is 3.83. The van der Waals surface area contributed by atoms with Crippen LogP contribution in [-0.4, -0.2) is 21.3 Å². The number of ether oxygens (including phenoxy) is 3. The van der Waals surface area contributed by atoms with Gasteiger partial charge >= 0.3 is 0 Å². The Balaban J connectivity index is 3.53. The van der Waals surface area contributed by atoms with Crippen LogP contribution in [0.4, 0.5) is 0 Å². The number of nitriles is 1. The van der Waals surface area contributed by atoms with E-state index in [9.17, 15) is 0 Å². The van der Waals surface area contributed by atoms with Crippen LogP contribution in [0.15, 0.2) is 6.07 Å². The van der Waals surface area contributed by atoms with Gasteiger partial charge in [-0.1, -0.05) is 0 Å². The van der Waals surface area contributed by atoms with Crippen molar-refractivity contribution >= 4 is 0 Å². The summed E-state index contributed by atoms with van der Waals surface area (Å²) in [6.45, 7) is 1.82. The second-order valence-corrected chi connectivity index (χ2v) is 2.95. The maximum atomic E-state index is 8.99. The Morgan fingerprint density at radius 1 is 1.07 bits per heavy atom. The molecular formula is C11H13NO3. The molecule has 0 aliphatic carbocycles. The topological polar surface area (TPSA) is 51.5 Å². The first-order chi connectivity index (χ1) is 7.19. The lowest BCUT2D eigenvalue weighted by molar-refractivity contribution is 0.323. The summed E-state index contributed by atoms with van der Waals surface area (Å²) in [5, 5.41) is 8.99. The van der Waals surface area contributed by atoms with Crippen molar-refractivity contribution in [2.75, 3.05) is 21.3 Å². The number of hydrogen-bond donors (Lipinski definition) is 0. The van der Waals surface area contributed by atoms with Gasteiger partial charge in [0.15, 0.2) is 11.5 Å². The lowest BCUT2D eigenvalue weighted by Crippen LogP contribution is -1.99. The molecule has 0 radical (unpaired) electrons. The molecule has 0 atom stereocenters. The standard InChI is InChI=1S/C11H13NO3/c1-7-5-9(13-2)11(15-4)10(14-3)8(7)6-12/h5H,1-4H3. The summed E-state index contributed by atoms with van der Waals surface area (Å²) >= 11 is 0. The molecule has 0 bridgehead atoms. The maximum Gasteiger partial charge on any atom is 0.204 e. The van der Waals surface area contributed by atoms with Gasteiger partial charge in [-0.05, 0) is 18.6 Å². The van der Waals surface area contributed by atoms with Crippen molar-refractivity contribution in [1.29, 1.82) is 5.26 Å². The molecule has 0 aliphatic heterocycles. The van der Waals surface area contributed by atoms with E-state index >= 15 is 0 Å². The zero-order valence-electron chi connectivity index (χ0n) is 9.25. The van der Waals surface area contributed by atoms with Gasteiger partial charge in [-0.25, -0.2) is 0 Å². The highest BCUT2D eigenvalue weighted by atomic mass is 16.5. The van der Waals surface area contributed by atoms with E-state index in [1.54, 1.807) is 13.2 Å². The van der Waals surface area contributed by atoms with E-state index in [0.29, 0.717) is 22.8 Å². The third kappa shape index (κ3) is 1.82. The van der Waals surface area contributed by atoms with Crippen molar-refractivity contribution < 1.29 is 14.2 Å². The lowest BCUT2D eigenvalue weighted by atomic mass is 10.1. The minimum Gasteiger partial charge on any atom is -0.493 e. The fourth-order valence-corrected chi connectivity index (χ4v) is 1.42. The fourth-order valence-electron chi connectivity index (χ4n) is 1.42. The molecular weight excluding hydrogens is 194 g/mol. The third-order valence-electron chi connectivity index (χ3n) is 2.14. The monoisotopic (exact) mass is 207 g/mol. The van der Waals surface area contributed by atoms with Crippen molar-refractivity contribution in [2.24, 2.45) is 0 Å². The van der Waals surface area contributed by atoms with Crippen LogP contribution in [0.3, 0.4) is 0 Å². The van der Waals surface area contributed by atoms with Gasteiger partial charge in [0.05, 0.1) is 21.3 Å². The third-order valence-corrected chi connectivity index (χ3v) is 2.14. The van der Waals surface area contributed by atoms with E-state index in [1.165, 1.54) is 14.2 Å². The van der Waals surface area contributed by atoms with Crippen LogP contribution in [0.2, 0.25) is 0 Å². The van der Waals surface area contributed by atoms with Gasteiger partial charge in [-0.3, -0.25) is 0 Å². The van der Waals surface area contributed by atoms with Gasteiger partial charge in [-0.15, -0.1) is 0 Å². The van der Waals surface area contributed by atoms with Gasteiger partial charge in [0, 0.05) is 0 Å². The van der Waals surface area contributed by atoms with Crippen molar-refractivity contribution in [3.63, 3.8) is 0 Å². The van der Waals surface area contributed by atoms with Crippen molar-refractivity contribution in [2.45, 2.75) is 6.92 Å². The first kappa shape index (κ1) is 11.2. The number of hydrogen-bond acceptors (Lipinski definition) is 4. The average Bonchev–Trinajstić information content (AvgIpc) is 2.27. The molecule has 1 aromatic carbocycles. The van der Waals surface area contributed by atoms with Gasteiger partial charge in [0.1, 0.15) is 11.6 Å². The summed E-state index contributed by atoms with van der Waals surface area (Å²) in [6.07, 6.45) is 0. The summed E-state index contributed by atoms with van der Waals surface area (Å²) in [5.74, 6) is 1.42. The number of rotatable bonds is 3. The Bertz CT molecular complexity index is 407. The number of methoxy groups -OCH3 is 3. The molecule has 0 amide bonds. The van der Waals surface area contributed by atoms with Crippen LogP contribution in [0.25, 0.3) is 0 Å². The molecule has 0 aromatic heterocycles. The van der Waals surface area contributed by atoms with E-state index in [4.69, 9.17) is 19.5 Å². The van der Waals surface area contributed by atoms with E-state index in [2.05, 4.69) is 6.07 Å². The summed E-state index contributed by atoms with van der Waals surface area (Å²) in [7, 11) is 4.55. The zero-order chi connectivity index (χ0) is 11.4. The Morgan fingerprint density at radius 3 is 2.07 bits per heavy atom. The van der Waals surface area contributed by atoms with Crippen molar-refractivity contribution in [3.8, 4) is 23.3 Å². The van der Waals surface area contributed by atoms with Crippen LogP contribution in [0, 0.1) is 18.3 Å². The quantitative estimate of drug-likeness (QED) is 0.759. The highest BCUT2D eigenvalue weighted by Gasteiger charge is 2.18. The Labute approximate surface area is 89.0 Å². The minimum absolute atomic E-state index is 0.414. The molecule has 1 aromatic rings.